The van der Waals surface area contributed by atoms with Gasteiger partial charge in [0.1, 0.15) is 23.4 Å². The SMILES string of the molecule is COc1ccc(C[C@H](NC(=O)OC(C)(C)C)C(=O)N[C@@H](C)C(=O)N[C@@H](CC(C)C)C(=O)c2ccco2)cc1. The number of furan rings is 1. The number of nitrogens with one attached hydrogen (secondary N) is 3. The highest BCUT2D eigenvalue weighted by Crippen LogP contribution is 2.15. The third kappa shape index (κ3) is 9.91. The van der Waals surface area contributed by atoms with E-state index in [-0.39, 0.29) is 23.9 Å². The van der Waals surface area contributed by atoms with Crippen molar-refractivity contribution < 1.29 is 33.1 Å². The van der Waals surface area contributed by atoms with E-state index in [9.17, 15) is 19.2 Å². The molecule has 208 valence electrons. The Morgan fingerprint density at radius 1 is 0.895 bits per heavy atom. The standard InChI is InChI=1S/C28H39N3O7/c1-17(2)15-21(24(32)23-9-8-14-37-23)30-25(33)18(3)29-26(34)22(31-27(35)38-28(4,5)6)16-19-10-12-20(36-7)13-11-19/h8-14,17-18,21-22H,15-16H2,1-7H3,(H,29,34)(H,30,33)(H,31,35)/t18-,21-,22-/m0/s1. The number of ether oxygens (including phenoxy) is 2. The smallest absolute Gasteiger partial charge is 0.408 e. The molecular formula is C28H39N3O7. The van der Waals surface area contributed by atoms with Crippen molar-refractivity contribution in [2.45, 2.75) is 78.1 Å². The fourth-order valence-electron chi connectivity index (χ4n) is 3.63. The highest BCUT2D eigenvalue weighted by atomic mass is 16.6. The maximum atomic E-state index is 13.2. The molecular weight excluding hydrogens is 490 g/mol. The molecule has 10 heteroatoms. The zero-order chi connectivity index (χ0) is 28.5. The molecule has 1 heterocycles. The largest absolute Gasteiger partial charge is 0.497 e. The molecule has 3 atom stereocenters. The van der Waals surface area contributed by atoms with Crippen LogP contribution in [0.15, 0.2) is 47.1 Å². The molecule has 3 amide bonds. The van der Waals surface area contributed by atoms with E-state index in [4.69, 9.17) is 13.9 Å². The van der Waals surface area contributed by atoms with Crippen LogP contribution in [0.4, 0.5) is 4.79 Å². The molecule has 0 saturated heterocycles. The second-order valence-corrected chi connectivity index (χ2v) is 10.5. The van der Waals surface area contributed by atoms with Crippen molar-refractivity contribution in [3.05, 3.63) is 54.0 Å². The second kappa shape index (κ2) is 13.6. The van der Waals surface area contributed by atoms with Gasteiger partial charge in [-0.15, -0.1) is 0 Å². The number of amides is 3. The third-order valence-electron chi connectivity index (χ3n) is 5.46. The van der Waals surface area contributed by atoms with Crippen LogP contribution in [0.2, 0.25) is 0 Å². The molecule has 0 spiro atoms. The first-order chi connectivity index (χ1) is 17.8. The van der Waals surface area contributed by atoms with Crippen LogP contribution >= 0.6 is 0 Å². The van der Waals surface area contributed by atoms with Crippen LogP contribution in [-0.4, -0.2) is 54.5 Å². The van der Waals surface area contributed by atoms with Gasteiger partial charge in [-0.1, -0.05) is 26.0 Å². The number of Topliss-reactive ketones (excluding diaryl/α,β-unsaturated/α-hetero) is 1. The number of ketones is 1. The normalized spacial score (nSPS) is 13.7. The van der Waals surface area contributed by atoms with Crippen LogP contribution in [0, 0.1) is 5.92 Å². The molecule has 0 aliphatic heterocycles. The molecule has 10 nitrogen and oxygen atoms in total. The van der Waals surface area contributed by atoms with Gasteiger partial charge in [0.05, 0.1) is 19.4 Å². The number of rotatable bonds is 12. The molecule has 1 aromatic carbocycles. The van der Waals surface area contributed by atoms with Gasteiger partial charge < -0.3 is 29.8 Å². The van der Waals surface area contributed by atoms with Crippen LogP contribution in [0.1, 0.15) is 64.1 Å². The van der Waals surface area contributed by atoms with Gasteiger partial charge in [0, 0.05) is 6.42 Å². The van der Waals surface area contributed by atoms with Gasteiger partial charge in [-0.3, -0.25) is 14.4 Å². The number of alkyl carbamates (subject to hydrolysis) is 1. The Labute approximate surface area is 223 Å². The summed E-state index contributed by atoms with van der Waals surface area (Å²) in [5.74, 6) is -0.541. The molecule has 1 aromatic heterocycles. The highest BCUT2D eigenvalue weighted by Gasteiger charge is 2.30. The molecule has 0 aliphatic carbocycles. The summed E-state index contributed by atoms with van der Waals surface area (Å²) in [6.07, 6.45) is 1.18. The van der Waals surface area contributed by atoms with Gasteiger partial charge in [0.2, 0.25) is 17.6 Å². The topological polar surface area (TPSA) is 136 Å². The molecule has 3 N–H and O–H groups in total. The highest BCUT2D eigenvalue weighted by molar-refractivity contribution is 6.00. The van der Waals surface area contributed by atoms with Crippen LogP contribution in [0.25, 0.3) is 0 Å². The Balaban J connectivity index is 2.13. The molecule has 0 radical (unpaired) electrons. The van der Waals surface area contributed by atoms with Crippen LogP contribution in [0.3, 0.4) is 0 Å². The average molecular weight is 530 g/mol. The fourth-order valence-corrected chi connectivity index (χ4v) is 3.63. The van der Waals surface area contributed by atoms with Crippen LogP contribution in [0.5, 0.6) is 5.75 Å². The summed E-state index contributed by atoms with van der Waals surface area (Å²) in [5, 5.41) is 7.96. The predicted molar refractivity (Wildman–Crippen MR) is 142 cm³/mol. The van der Waals surface area contributed by atoms with E-state index in [1.807, 2.05) is 13.8 Å². The van der Waals surface area contributed by atoms with Crippen molar-refractivity contribution >= 4 is 23.7 Å². The van der Waals surface area contributed by atoms with Crippen LogP contribution < -0.4 is 20.7 Å². The lowest BCUT2D eigenvalue weighted by Crippen LogP contribution is -2.55. The monoisotopic (exact) mass is 529 g/mol. The summed E-state index contributed by atoms with van der Waals surface area (Å²) < 4.78 is 15.7. The van der Waals surface area contributed by atoms with Crippen molar-refractivity contribution in [3.8, 4) is 5.75 Å². The lowest BCUT2D eigenvalue weighted by atomic mass is 9.98. The maximum absolute atomic E-state index is 13.2. The Kier molecular flexibility index (Phi) is 10.9. The van der Waals surface area contributed by atoms with E-state index < -0.39 is 41.6 Å². The van der Waals surface area contributed by atoms with E-state index in [0.29, 0.717) is 12.2 Å². The summed E-state index contributed by atoms with van der Waals surface area (Å²) in [6, 6.07) is 7.38. The lowest BCUT2D eigenvalue weighted by Gasteiger charge is -2.25. The Bertz CT molecular complexity index is 1070. The van der Waals surface area contributed by atoms with E-state index in [0.717, 1.165) is 5.56 Å². The molecule has 2 aromatic rings. The summed E-state index contributed by atoms with van der Waals surface area (Å²) in [5.41, 5.74) is 0.00447. The first-order valence-electron chi connectivity index (χ1n) is 12.6. The molecule has 0 saturated carbocycles. The zero-order valence-electron chi connectivity index (χ0n) is 23.1. The van der Waals surface area contributed by atoms with Crippen molar-refractivity contribution in [3.63, 3.8) is 0 Å². The number of carbonyl (C=O) groups is 4. The minimum atomic E-state index is -1.02. The van der Waals surface area contributed by atoms with E-state index >= 15 is 0 Å². The van der Waals surface area contributed by atoms with Crippen molar-refractivity contribution in [1.82, 2.24) is 16.0 Å². The second-order valence-electron chi connectivity index (χ2n) is 10.5. The molecule has 0 fully saturated rings. The predicted octanol–water partition coefficient (Wildman–Crippen LogP) is 3.64. The molecule has 0 aliphatic rings. The summed E-state index contributed by atoms with van der Waals surface area (Å²) in [4.78, 5) is 51.5. The van der Waals surface area contributed by atoms with Crippen molar-refractivity contribution in [1.29, 1.82) is 0 Å². The fraction of sp³-hybridized carbons (Fsp3) is 0.500. The molecule has 2 rings (SSSR count). The maximum Gasteiger partial charge on any atom is 0.408 e. The minimum absolute atomic E-state index is 0.121. The first kappa shape index (κ1) is 30.4. The Hall–Kier alpha value is -3.82. The van der Waals surface area contributed by atoms with Crippen LogP contribution in [-0.2, 0) is 20.7 Å². The quantitative estimate of drug-likeness (QED) is 0.357. The third-order valence-corrected chi connectivity index (χ3v) is 5.46. The van der Waals surface area contributed by atoms with E-state index in [2.05, 4.69) is 16.0 Å². The first-order valence-corrected chi connectivity index (χ1v) is 12.6. The lowest BCUT2D eigenvalue weighted by molar-refractivity contribution is -0.129. The molecule has 38 heavy (non-hydrogen) atoms. The number of methoxy groups -OCH3 is 1. The van der Waals surface area contributed by atoms with Crippen molar-refractivity contribution in [2.75, 3.05) is 7.11 Å². The minimum Gasteiger partial charge on any atom is -0.497 e. The summed E-state index contributed by atoms with van der Waals surface area (Å²) in [7, 11) is 1.55. The number of hydrogen-bond donors (Lipinski definition) is 3. The van der Waals surface area contributed by atoms with Gasteiger partial charge in [-0.2, -0.15) is 0 Å². The zero-order valence-corrected chi connectivity index (χ0v) is 23.1. The van der Waals surface area contributed by atoms with Gasteiger partial charge in [-0.05, 0) is 69.9 Å². The number of benzene rings is 1. The Morgan fingerprint density at radius 3 is 2.08 bits per heavy atom. The Morgan fingerprint density at radius 2 is 1.55 bits per heavy atom. The molecule has 0 bridgehead atoms. The number of hydrogen-bond acceptors (Lipinski definition) is 7. The number of carbonyl (C=O) groups excluding carboxylic acids is 4. The van der Waals surface area contributed by atoms with Gasteiger partial charge in [0.25, 0.3) is 0 Å². The van der Waals surface area contributed by atoms with Gasteiger partial charge in [-0.25, -0.2) is 4.79 Å². The average Bonchev–Trinajstić information content (AvgIpc) is 3.36. The van der Waals surface area contributed by atoms with Crippen molar-refractivity contribution in [2.24, 2.45) is 5.92 Å². The molecule has 0 unspecified atom stereocenters. The van der Waals surface area contributed by atoms with E-state index in [1.165, 1.54) is 13.2 Å². The van der Waals surface area contributed by atoms with Gasteiger partial charge in [0.15, 0.2) is 5.76 Å². The van der Waals surface area contributed by atoms with Gasteiger partial charge >= 0.3 is 6.09 Å². The van der Waals surface area contributed by atoms with E-state index in [1.54, 1.807) is 64.3 Å². The summed E-state index contributed by atoms with van der Waals surface area (Å²) in [6.45, 7) is 10.5. The summed E-state index contributed by atoms with van der Waals surface area (Å²) >= 11 is 0.